The lowest BCUT2D eigenvalue weighted by Crippen LogP contribution is -2.65. The number of hydrogen-bond donors (Lipinski definition) is 4. The van der Waals surface area contributed by atoms with Crippen LogP contribution in [-0.4, -0.2) is 64.0 Å². The smallest absolute Gasteiger partial charge is 0.224 e. The topological polar surface area (TPSA) is 90.2 Å². The van der Waals surface area contributed by atoms with E-state index in [0.29, 0.717) is 0 Å². The highest BCUT2D eigenvalue weighted by Gasteiger charge is 2.52. The molecule has 0 amide bonds. The number of alkyl halides is 2. The van der Waals surface area contributed by atoms with E-state index in [1.165, 1.54) is 0 Å². The summed E-state index contributed by atoms with van der Waals surface area (Å²) in [6, 6.07) is 0. The minimum Gasteiger partial charge on any atom is -0.387 e. The van der Waals surface area contributed by atoms with E-state index >= 15 is 0 Å². The Labute approximate surface area is 78.5 Å². The van der Waals surface area contributed by atoms with Crippen molar-refractivity contribution in [1.82, 2.24) is 0 Å². The number of halogens is 2. The van der Waals surface area contributed by atoms with Crippen LogP contribution in [0, 0.1) is 0 Å². The van der Waals surface area contributed by atoms with Crippen LogP contribution in [0.1, 0.15) is 0 Å². The van der Waals surface area contributed by atoms with Crippen LogP contribution in [-0.2, 0) is 4.74 Å². The van der Waals surface area contributed by atoms with Gasteiger partial charge in [0.1, 0.15) is 37.8 Å². The molecule has 0 spiro atoms. The lowest BCUT2D eigenvalue weighted by molar-refractivity contribution is -0.350. The van der Waals surface area contributed by atoms with E-state index in [4.69, 9.17) is 15.3 Å². The Balaban J connectivity index is 2.84. The van der Waals surface area contributed by atoms with Gasteiger partial charge in [-0.15, -0.1) is 0 Å². The molecule has 0 radical (unpaired) electrons. The highest BCUT2D eigenvalue weighted by Crippen LogP contribution is 2.28. The van der Waals surface area contributed by atoms with Gasteiger partial charge in [0.2, 0.25) is 5.79 Å². The van der Waals surface area contributed by atoms with Crippen molar-refractivity contribution in [3.8, 4) is 0 Å². The molecule has 1 saturated heterocycles. The van der Waals surface area contributed by atoms with Crippen molar-refractivity contribution < 1.29 is 33.9 Å². The first-order valence-corrected chi connectivity index (χ1v) is 4.02. The first-order chi connectivity index (χ1) is 6.46. The molecule has 1 rings (SSSR count). The van der Waals surface area contributed by atoms with Crippen LogP contribution >= 0.6 is 0 Å². The van der Waals surface area contributed by atoms with Gasteiger partial charge >= 0.3 is 0 Å². The molecular formula is C7H12F2O5. The first-order valence-electron chi connectivity index (χ1n) is 4.02. The van der Waals surface area contributed by atoms with Crippen LogP contribution in [0.5, 0.6) is 0 Å². The number of hydrogen-bond acceptors (Lipinski definition) is 5. The molecule has 0 aromatic heterocycles. The maximum atomic E-state index is 12.3. The third-order valence-corrected chi connectivity index (χ3v) is 2.22. The van der Waals surface area contributed by atoms with Gasteiger partial charge in [-0.1, -0.05) is 0 Å². The highest BCUT2D eigenvalue weighted by molar-refractivity contribution is 4.95. The third-order valence-electron chi connectivity index (χ3n) is 2.22. The van der Waals surface area contributed by atoms with E-state index in [2.05, 4.69) is 4.74 Å². The second-order valence-electron chi connectivity index (χ2n) is 3.22. The minimum atomic E-state index is -2.66. The molecule has 1 heterocycles. The summed E-state index contributed by atoms with van der Waals surface area (Å²) in [6.45, 7) is -2.71. The SMILES string of the molecule is O[C@H]1[C@H](O)[C@@H](CF)O[C@@](O)(CF)[C@@H]1O. The van der Waals surface area contributed by atoms with E-state index < -0.39 is 43.6 Å². The summed E-state index contributed by atoms with van der Waals surface area (Å²) >= 11 is 0. The van der Waals surface area contributed by atoms with E-state index in [-0.39, 0.29) is 0 Å². The molecule has 4 N–H and O–H groups in total. The van der Waals surface area contributed by atoms with E-state index in [1.807, 2.05) is 0 Å². The van der Waals surface area contributed by atoms with Crippen LogP contribution in [0.4, 0.5) is 8.78 Å². The van der Waals surface area contributed by atoms with E-state index in [9.17, 15) is 13.9 Å². The summed E-state index contributed by atoms with van der Waals surface area (Å²) in [5, 5.41) is 36.7. The molecule has 0 aromatic carbocycles. The third kappa shape index (κ3) is 1.73. The molecule has 5 atom stereocenters. The van der Waals surface area contributed by atoms with Crippen molar-refractivity contribution in [3.05, 3.63) is 0 Å². The minimum absolute atomic E-state index is 1.20. The zero-order chi connectivity index (χ0) is 10.9. The first kappa shape index (κ1) is 11.7. The second kappa shape index (κ2) is 4.03. The van der Waals surface area contributed by atoms with Gasteiger partial charge in [-0.25, -0.2) is 8.78 Å². The molecule has 1 fully saturated rings. The molecule has 0 aromatic rings. The summed E-state index contributed by atoms with van der Waals surface area (Å²) in [5.41, 5.74) is 0. The molecule has 0 saturated carbocycles. The standard InChI is InChI=1S/C7H12F2O5/c8-1-3-4(10)5(11)6(12)7(13,2-9)14-3/h3-6,10-13H,1-2H2/t3-,4-,5+,6-,7+/m1/s1. The van der Waals surface area contributed by atoms with E-state index in [1.54, 1.807) is 0 Å². The fourth-order valence-corrected chi connectivity index (χ4v) is 1.31. The fraction of sp³-hybridized carbons (Fsp3) is 1.00. The number of ether oxygens (including phenoxy) is 1. The Bertz CT molecular complexity index is 203. The van der Waals surface area contributed by atoms with Crippen LogP contribution < -0.4 is 0 Å². The average Bonchev–Trinajstić information content (AvgIpc) is 2.20. The average molecular weight is 214 g/mol. The van der Waals surface area contributed by atoms with Gasteiger partial charge in [-0.2, -0.15) is 0 Å². The summed E-state index contributed by atoms with van der Waals surface area (Å²) in [6.07, 6.45) is -7.09. The van der Waals surface area contributed by atoms with Crippen molar-refractivity contribution >= 4 is 0 Å². The summed E-state index contributed by atoms with van der Waals surface area (Å²) in [4.78, 5) is 0. The largest absolute Gasteiger partial charge is 0.387 e. The van der Waals surface area contributed by atoms with Crippen molar-refractivity contribution in [1.29, 1.82) is 0 Å². The summed E-state index contributed by atoms with van der Waals surface area (Å²) in [5.74, 6) is -2.66. The molecule has 1 aliphatic heterocycles. The lowest BCUT2D eigenvalue weighted by atomic mass is 9.93. The zero-order valence-electron chi connectivity index (χ0n) is 7.18. The Morgan fingerprint density at radius 1 is 1.14 bits per heavy atom. The number of aliphatic hydroxyl groups excluding tert-OH is 3. The van der Waals surface area contributed by atoms with Gasteiger partial charge < -0.3 is 25.2 Å². The maximum absolute atomic E-state index is 12.3. The lowest BCUT2D eigenvalue weighted by Gasteiger charge is -2.43. The van der Waals surface area contributed by atoms with Crippen molar-refractivity contribution in [2.24, 2.45) is 0 Å². The molecule has 0 aliphatic carbocycles. The van der Waals surface area contributed by atoms with Gasteiger partial charge in [0, 0.05) is 0 Å². The molecule has 0 unspecified atom stereocenters. The molecular weight excluding hydrogens is 202 g/mol. The normalized spacial score (nSPS) is 49.3. The molecule has 7 heteroatoms. The van der Waals surface area contributed by atoms with Crippen LogP contribution in [0.3, 0.4) is 0 Å². The highest BCUT2D eigenvalue weighted by atomic mass is 19.1. The Morgan fingerprint density at radius 2 is 1.71 bits per heavy atom. The molecule has 0 bridgehead atoms. The summed E-state index contributed by atoms with van der Waals surface area (Å²) in [7, 11) is 0. The Morgan fingerprint density at radius 3 is 2.14 bits per heavy atom. The Hall–Kier alpha value is -0.340. The molecule has 5 nitrogen and oxygen atoms in total. The molecule has 14 heavy (non-hydrogen) atoms. The monoisotopic (exact) mass is 214 g/mol. The van der Waals surface area contributed by atoms with Crippen LogP contribution in [0.2, 0.25) is 0 Å². The Kier molecular flexibility index (Phi) is 3.38. The molecule has 1 aliphatic rings. The van der Waals surface area contributed by atoms with Crippen molar-refractivity contribution in [3.63, 3.8) is 0 Å². The van der Waals surface area contributed by atoms with Crippen LogP contribution in [0.15, 0.2) is 0 Å². The van der Waals surface area contributed by atoms with Crippen molar-refractivity contribution in [2.75, 3.05) is 13.3 Å². The van der Waals surface area contributed by atoms with Crippen LogP contribution in [0.25, 0.3) is 0 Å². The molecule has 84 valence electrons. The van der Waals surface area contributed by atoms with E-state index in [0.717, 1.165) is 0 Å². The number of rotatable bonds is 2. The second-order valence-corrected chi connectivity index (χ2v) is 3.22. The predicted octanol–water partition coefficient (Wildman–Crippen LogP) is -1.90. The quantitative estimate of drug-likeness (QED) is 0.431. The fourth-order valence-electron chi connectivity index (χ4n) is 1.31. The zero-order valence-corrected chi connectivity index (χ0v) is 7.18. The van der Waals surface area contributed by atoms with Gasteiger partial charge in [0.05, 0.1) is 0 Å². The van der Waals surface area contributed by atoms with Gasteiger partial charge in [0.25, 0.3) is 0 Å². The van der Waals surface area contributed by atoms with Gasteiger partial charge in [-0.05, 0) is 0 Å². The van der Waals surface area contributed by atoms with Gasteiger partial charge in [0.15, 0.2) is 0 Å². The van der Waals surface area contributed by atoms with Gasteiger partial charge in [-0.3, -0.25) is 0 Å². The predicted molar refractivity (Wildman–Crippen MR) is 39.8 cm³/mol. The maximum Gasteiger partial charge on any atom is 0.224 e. The summed E-state index contributed by atoms with van der Waals surface area (Å²) < 4.78 is 28.9. The number of aliphatic hydroxyl groups is 4. The van der Waals surface area contributed by atoms with Crippen molar-refractivity contribution in [2.45, 2.75) is 30.2 Å².